The maximum atomic E-state index is 11.8. The minimum atomic E-state index is -0.0816. The minimum absolute atomic E-state index is 0.0816. The second kappa shape index (κ2) is 4.66. The standard InChI is InChI=1S/C10H12BrClN2O/c11-8-9(12)13-6-14(10(8)15)5-7-3-1-2-4-7/h6-7H,1-5H2. The molecule has 0 N–H and O–H groups in total. The van der Waals surface area contributed by atoms with Crippen LogP contribution < -0.4 is 5.56 Å². The number of aromatic nitrogens is 2. The van der Waals surface area contributed by atoms with Crippen molar-refractivity contribution >= 4 is 27.5 Å². The molecule has 1 saturated carbocycles. The first-order valence-corrected chi connectivity index (χ1v) is 6.26. The molecule has 0 amide bonds. The molecule has 1 aliphatic rings. The van der Waals surface area contributed by atoms with Crippen LogP contribution in [0.15, 0.2) is 15.6 Å². The summed E-state index contributed by atoms with van der Waals surface area (Å²) in [7, 11) is 0. The summed E-state index contributed by atoms with van der Waals surface area (Å²) in [4.78, 5) is 15.7. The molecule has 0 aromatic carbocycles. The van der Waals surface area contributed by atoms with E-state index in [4.69, 9.17) is 11.6 Å². The Labute approximate surface area is 102 Å². The summed E-state index contributed by atoms with van der Waals surface area (Å²) in [6.07, 6.45) is 6.52. The Balaban J connectivity index is 2.21. The van der Waals surface area contributed by atoms with Crippen LogP contribution in [-0.4, -0.2) is 9.55 Å². The van der Waals surface area contributed by atoms with Crippen molar-refractivity contribution < 1.29 is 0 Å². The van der Waals surface area contributed by atoms with Crippen LogP contribution in [0.5, 0.6) is 0 Å². The third-order valence-electron chi connectivity index (χ3n) is 2.87. The molecule has 1 heterocycles. The molecule has 15 heavy (non-hydrogen) atoms. The number of hydrogen-bond acceptors (Lipinski definition) is 2. The molecule has 5 heteroatoms. The fraction of sp³-hybridized carbons (Fsp3) is 0.600. The molecule has 0 unspecified atom stereocenters. The van der Waals surface area contributed by atoms with Gasteiger partial charge in [0.1, 0.15) is 4.47 Å². The Morgan fingerprint density at radius 1 is 1.53 bits per heavy atom. The van der Waals surface area contributed by atoms with Gasteiger partial charge in [0.15, 0.2) is 5.15 Å². The lowest BCUT2D eigenvalue weighted by molar-refractivity contribution is 0.444. The highest BCUT2D eigenvalue weighted by Crippen LogP contribution is 2.26. The minimum Gasteiger partial charge on any atom is -0.298 e. The number of rotatable bonds is 2. The Bertz CT molecular complexity index is 412. The maximum Gasteiger partial charge on any atom is 0.269 e. The molecular weight excluding hydrogens is 279 g/mol. The third-order valence-corrected chi connectivity index (χ3v) is 4.10. The number of hydrogen-bond donors (Lipinski definition) is 0. The van der Waals surface area contributed by atoms with Gasteiger partial charge in [0.05, 0.1) is 6.33 Å². The van der Waals surface area contributed by atoms with E-state index in [-0.39, 0.29) is 10.7 Å². The van der Waals surface area contributed by atoms with Crippen LogP contribution in [0, 0.1) is 5.92 Å². The Kier molecular flexibility index (Phi) is 3.46. The van der Waals surface area contributed by atoms with Gasteiger partial charge in [-0.25, -0.2) is 4.98 Å². The Hall–Kier alpha value is -0.350. The Morgan fingerprint density at radius 3 is 2.87 bits per heavy atom. The molecule has 0 bridgehead atoms. The molecule has 82 valence electrons. The van der Waals surface area contributed by atoms with Crippen molar-refractivity contribution in [3.05, 3.63) is 26.3 Å². The molecule has 0 spiro atoms. The third kappa shape index (κ3) is 2.42. The van der Waals surface area contributed by atoms with Crippen molar-refractivity contribution in [1.29, 1.82) is 0 Å². The molecule has 2 rings (SSSR count). The summed E-state index contributed by atoms with van der Waals surface area (Å²) in [5.74, 6) is 0.623. The van der Waals surface area contributed by atoms with Crippen LogP contribution in [0.3, 0.4) is 0 Å². The van der Waals surface area contributed by atoms with Gasteiger partial charge in [-0.2, -0.15) is 0 Å². The zero-order valence-electron chi connectivity index (χ0n) is 8.25. The van der Waals surface area contributed by atoms with E-state index < -0.39 is 0 Å². The van der Waals surface area contributed by atoms with Crippen molar-refractivity contribution in [2.45, 2.75) is 32.2 Å². The Morgan fingerprint density at radius 2 is 2.20 bits per heavy atom. The van der Waals surface area contributed by atoms with Crippen molar-refractivity contribution in [2.75, 3.05) is 0 Å². The van der Waals surface area contributed by atoms with Gasteiger partial charge in [-0.05, 0) is 34.7 Å². The van der Waals surface area contributed by atoms with E-state index in [9.17, 15) is 4.79 Å². The monoisotopic (exact) mass is 290 g/mol. The van der Waals surface area contributed by atoms with Gasteiger partial charge in [0.25, 0.3) is 5.56 Å². The number of halogens is 2. The first kappa shape index (κ1) is 11.1. The lowest BCUT2D eigenvalue weighted by Crippen LogP contribution is -2.24. The van der Waals surface area contributed by atoms with Gasteiger partial charge >= 0.3 is 0 Å². The van der Waals surface area contributed by atoms with Crippen molar-refractivity contribution in [3.63, 3.8) is 0 Å². The van der Waals surface area contributed by atoms with E-state index in [0.717, 1.165) is 6.54 Å². The van der Waals surface area contributed by atoms with E-state index in [0.29, 0.717) is 10.4 Å². The molecule has 0 radical (unpaired) electrons. The van der Waals surface area contributed by atoms with Gasteiger partial charge in [0, 0.05) is 6.54 Å². The van der Waals surface area contributed by atoms with E-state index in [1.807, 2.05) is 0 Å². The first-order chi connectivity index (χ1) is 7.18. The zero-order valence-corrected chi connectivity index (χ0v) is 10.6. The van der Waals surface area contributed by atoms with Gasteiger partial charge in [-0.3, -0.25) is 9.36 Å². The lowest BCUT2D eigenvalue weighted by Gasteiger charge is -2.11. The van der Waals surface area contributed by atoms with Crippen LogP contribution in [0.25, 0.3) is 0 Å². The van der Waals surface area contributed by atoms with Crippen molar-refractivity contribution in [2.24, 2.45) is 5.92 Å². The fourth-order valence-electron chi connectivity index (χ4n) is 2.04. The molecule has 1 aromatic rings. The van der Waals surface area contributed by atoms with Crippen LogP contribution in [0.1, 0.15) is 25.7 Å². The van der Waals surface area contributed by atoms with Crippen LogP contribution in [0.2, 0.25) is 5.15 Å². The molecule has 0 saturated heterocycles. The van der Waals surface area contributed by atoms with E-state index in [1.165, 1.54) is 32.0 Å². The zero-order chi connectivity index (χ0) is 10.8. The summed E-state index contributed by atoms with van der Waals surface area (Å²) in [5.41, 5.74) is -0.0816. The summed E-state index contributed by atoms with van der Waals surface area (Å²) in [6.45, 7) is 0.765. The molecule has 3 nitrogen and oxygen atoms in total. The normalized spacial score (nSPS) is 17.2. The summed E-state index contributed by atoms with van der Waals surface area (Å²) in [5, 5.41) is 0.239. The quantitative estimate of drug-likeness (QED) is 0.785. The molecule has 0 atom stereocenters. The van der Waals surface area contributed by atoms with E-state index in [2.05, 4.69) is 20.9 Å². The number of nitrogens with zero attached hydrogens (tertiary/aromatic N) is 2. The molecule has 1 fully saturated rings. The molecule has 1 aliphatic carbocycles. The molecule has 0 aliphatic heterocycles. The van der Waals surface area contributed by atoms with Crippen LogP contribution in [0.4, 0.5) is 0 Å². The van der Waals surface area contributed by atoms with Gasteiger partial charge in [-0.1, -0.05) is 24.4 Å². The second-order valence-electron chi connectivity index (χ2n) is 3.96. The highest BCUT2D eigenvalue weighted by atomic mass is 79.9. The van der Waals surface area contributed by atoms with Gasteiger partial charge in [-0.15, -0.1) is 0 Å². The van der Waals surface area contributed by atoms with Crippen molar-refractivity contribution in [3.8, 4) is 0 Å². The predicted octanol–water partition coefficient (Wildman–Crippen LogP) is 2.85. The lowest BCUT2D eigenvalue weighted by atomic mass is 10.1. The smallest absolute Gasteiger partial charge is 0.269 e. The fourth-order valence-corrected chi connectivity index (χ4v) is 2.50. The summed E-state index contributed by atoms with van der Waals surface area (Å²) in [6, 6.07) is 0. The van der Waals surface area contributed by atoms with Crippen molar-refractivity contribution in [1.82, 2.24) is 9.55 Å². The maximum absolute atomic E-state index is 11.8. The average Bonchev–Trinajstić information content (AvgIpc) is 2.72. The van der Waals surface area contributed by atoms with E-state index in [1.54, 1.807) is 4.57 Å². The average molecular weight is 292 g/mol. The van der Waals surface area contributed by atoms with Gasteiger partial charge < -0.3 is 0 Å². The second-order valence-corrected chi connectivity index (χ2v) is 5.11. The SMILES string of the molecule is O=c1c(Br)c(Cl)ncn1CC1CCCC1. The molecular formula is C10H12BrClN2O. The topological polar surface area (TPSA) is 34.9 Å². The first-order valence-electron chi connectivity index (χ1n) is 5.09. The summed E-state index contributed by atoms with van der Waals surface area (Å²) < 4.78 is 2.01. The van der Waals surface area contributed by atoms with Crippen LogP contribution in [-0.2, 0) is 6.54 Å². The van der Waals surface area contributed by atoms with E-state index >= 15 is 0 Å². The largest absolute Gasteiger partial charge is 0.298 e. The molecule has 1 aromatic heterocycles. The highest BCUT2D eigenvalue weighted by Gasteiger charge is 2.17. The van der Waals surface area contributed by atoms with Gasteiger partial charge in [0.2, 0.25) is 0 Å². The highest BCUT2D eigenvalue weighted by molar-refractivity contribution is 9.10. The summed E-state index contributed by atoms with van der Waals surface area (Å²) >= 11 is 8.88. The predicted molar refractivity (Wildman–Crippen MR) is 63.2 cm³/mol. The van der Waals surface area contributed by atoms with Crippen LogP contribution >= 0.6 is 27.5 Å².